The molecule has 27 heavy (non-hydrogen) atoms. The third-order valence-electron chi connectivity index (χ3n) is 4.32. The first-order valence-corrected chi connectivity index (χ1v) is 10.1. The van der Waals surface area contributed by atoms with Crippen LogP contribution in [-0.4, -0.2) is 39.8 Å². The van der Waals surface area contributed by atoms with Gasteiger partial charge in [-0.1, -0.05) is 26.0 Å². The highest BCUT2D eigenvalue weighted by Gasteiger charge is 2.21. The average molecular weight is 391 g/mol. The summed E-state index contributed by atoms with van der Waals surface area (Å²) in [5.41, 5.74) is 1.39. The maximum Gasteiger partial charge on any atom is 0.251 e. The van der Waals surface area contributed by atoms with E-state index in [1.807, 2.05) is 38.1 Å². The van der Waals surface area contributed by atoms with Gasteiger partial charge in [-0.2, -0.15) is 0 Å². The van der Waals surface area contributed by atoms with Crippen LogP contribution in [0.25, 0.3) is 0 Å². The lowest BCUT2D eigenvalue weighted by Gasteiger charge is -2.23. The average Bonchev–Trinajstić information content (AvgIpc) is 2.65. The second kappa shape index (κ2) is 8.54. The molecule has 146 valence electrons. The fourth-order valence-corrected chi connectivity index (χ4v) is 3.56. The Bertz CT molecular complexity index is 873. The van der Waals surface area contributed by atoms with Crippen molar-refractivity contribution >= 4 is 15.9 Å². The van der Waals surface area contributed by atoms with Crippen LogP contribution in [0.2, 0.25) is 0 Å². The van der Waals surface area contributed by atoms with Crippen molar-refractivity contribution in [1.29, 1.82) is 0 Å². The minimum Gasteiger partial charge on any atom is -0.497 e. The van der Waals surface area contributed by atoms with Gasteiger partial charge in [0.05, 0.1) is 18.0 Å². The van der Waals surface area contributed by atoms with E-state index in [2.05, 4.69) is 5.32 Å². The Morgan fingerprint density at radius 1 is 1.00 bits per heavy atom. The molecule has 0 spiro atoms. The Morgan fingerprint density at radius 3 is 2.00 bits per heavy atom. The number of nitrogens with one attached hydrogen (secondary N) is 1. The molecule has 0 aromatic heterocycles. The Morgan fingerprint density at radius 2 is 1.56 bits per heavy atom. The highest BCUT2D eigenvalue weighted by molar-refractivity contribution is 7.89. The van der Waals surface area contributed by atoms with Gasteiger partial charge in [0.2, 0.25) is 10.0 Å². The van der Waals surface area contributed by atoms with Crippen molar-refractivity contribution in [3.63, 3.8) is 0 Å². The van der Waals surface area contributed by atoms with Crippen molar-refractivity contribution in [3.8, 4) is 5.75 Å². The van der Waals surface area contributed by atoms with Crippen molar-refractivity contribution in [2.75, 3.05) is 21.2 Å². The topological polar surface area (TPSA) is 75.7 Å². The molecule has 1 atom stereocenters. The standard InChI is InChI=1S/C20H26N2O4S/c1-14(2)19(15-6-10-17(26-5)11-7-15)21-20(23)16-8-12-18(13-9-16)27(24,25)22(3)4/h6-14,19H,1-5H3,(H,21,23)/t19-/m0/s1. The fraction of sp³-hybridized carbons (Fsp3) is 0.350. The lowest BCUT2D eigenvalue weighted by atomic mass is 9.95. The Labute approximate surface area is 161 Å². The van der Waals surface area contributed by atoms with Gasteiger partial charge in [0.15, 0.2) is 0 Å². The first kappa shape index (κ1) is 20.9. The molecule has 0 unspecified atom stereocenters. The number of hydrogen-bond donors (Lipinski definition) is 1. The number of benzene rings is 2. The van der Waals surface area contributed by atoms with Crippen LogP contribution in [0.3, 0.4) is 0 Å². The van der Waals surface area contributed by atoms with Crippen LogP contribution >= 0.6 is 0 Å². The van der Waals surface area contributed by atoms with E-state index in [4.69, 9.17) is 4.74 Å². The largest absolute Gasteiger partial charge is 0.497 e. The molecule has 1 N–H and O–H groups in total. The van der Waals surface area contributed by atoms with E-state index in [0.29, 0.717) is 5.56 Å². The zero-order valence-electron chi connectivity index (χ0n) is 16.3. The summed E-state index contributed by atoms with van der Waals surface area (Å²) in [4.78, 5) is 12.8. The summed E-state index contributed by atoms with van der Waals surface area (Å²) >= 11 is 0. The number of rotatable bonds is 7. The Balaban J connectivity index is 2.20. The molecule has 2 aromatic carbocycles. The van der Waals surface area contributed by atoms with Gasteiger partial charge in [-0.25, -0.2) is 12.7 Å². The monoisotopic (exact) mass is 390 g/mol. The van der Waals surface area contributed by atoms with Crippen LogP contribution in [0.4, 0.5) is 0 Å². The molecule has 1 amide bonds. The molecule has 0 radical (unpaired) electrons. The van der Waals surface area contributed by atoms with Crippen LogP contribution in [0.5, 0.6) is 5.75 Å². The molecule has 0 aliphatic carbocycles. The molecule has 2 rings (SSSR count). The van der Waals surface area contributed by atoms with Gasteiger partial charge >= 0.3 is 0 Å². The summed E-state index contributed by atoms with van der Waals surface area (Å²) in [5, 5.41) is 3.03. The molecule has 0 fully saturated rings. The molecular weight excluding hydrogens is 364 g/mol. The van der Waals surface area contributed by atoms with Gasteiger partial charge in [0.25, 0.3) is 5.91 Å². The minimum atomic E-state index is -3.52. The maximum absolute atomic E-state index is 12.7. The van der Waals surface area contributed by atoms with Crippen molar-refractivity contribution in [3.05, 3.63) is 59.7 Å². The third-order valence-corrected chi connectivity index (χ3v) is 6.15. The summed E-state index contributed by atoms with van der Waals surface area (Å²) in [7, 11) is 1.03. The Hall–Kier alpha value is -2.38. The van der Waals surface area contributed by atoms with E-state index < -0.39 is 10.0 Å². The number of methoxy groups -OCH3 is 1. The second-order valence-corrected chi connectivity index (χ2v) is 8.93. The van der Waals surface area contributed by atoms with E-state index in [1.54, 1.807) is 7.11 Å². The molecule has 0 aliphatic rings. The van der Waals surface area contributed by atoms with Gasteiger partial charge < -0.3 is 10.1 Å². The van der Waals surface area contributed by atoms with Crippen LogP contribution < -0.4 is 10.1 Å². The molecule has 6 nitrogen and oxygen atoms in total. The molecule has 0 saturated carbocycles. The van der Waals surface area contributed by atoms with E-state index in [-0.39, 0.29) is 22.8 Å². The molecule has 0 bridgehead atoms. The van der Waals surface area contributed by atoms with Gasteiger partial charge in [-0.15, -0.1) is 0 Å². The predicted molar refractivity (Wildman–Crippen MR) is 105 cm³/mol. The minimum absolute atomic E-state index is 0.152. The molecular formula is C20H26N2O4S. The molecule has 2 aromatic rings. The fourth-order valence-electron chi connectivity index (χ4n) is 2.66. The van der Waals surface area contributed by atoms with E-state index in [1.165, 1.54) is 38.4 Å². The number of hydrogen-bond acceptors (Lipinski definition) is 4. The molecule has 0 saturated heterocycles. The molecule has 0 heterocycles. The van der Waals surface area contributed by atoms with E-state index in [9.17, 15) is 13.2 Å². The first-order chi connectivity index (χ1) is 12.7. The second-order valence-electron chi connectivity index (χ2n) is 6.78. The first-order valence-electron chi connectivity index (χ1n) is 8.64. The zero-order chi connectivity index (χ0) is 20.2. The number of carbonyl (C=O) groups excluding carboxylic acids is 1. The summed E-state index contributed by atoms with van der Waals surface area (Å²) in [5.74, 6) is 0.680. The molecule has 7 heteroatoms. The van der Waals surface area contributed by atoms with Gasteiger partial charge in [0, 0.05) is 19.7 Å². The number of sulfonamides is 1. The van der Waals surface area contributed by atoms with E-state index in [0.717, 1.165) is 15.6 Å². The van der Waals surface area contributed by atoms with Crippen LogP contribution in [0.15, 0.2) is 53.4 Å². The van der Waals surface area contributed by atoms with E-state index >= 15 is 0 Å². The van der Waals surface area contributed by atoms with Crippen LogP contribution in [0.1, 0.15) is 35.8 Å². The van der Waals surface area contributed by atoms with Gasteiger partial charge in [0.1, 0.15) is 5.75 Å². The van der Waals surface area contributed by atoms with Crippen molar-refractivity contribution in [1.82, 2.24) is 9.62 Å². The van der Waals surface area contributed by atoms with Crippen molar-refractivity contribution < 1.29 is 17.9 Å². The normalized spacial score (nSPS) is 12.9. The van der Waals surface area contributed by atoms with Crippen LogP contribution in [-0.2, 0) is 10.0 Å². The lowest BCUT2D eigenvalue weighted by Crippen LogP contribution is -2.31. The molecule has 0 aliphatic heterocycles. The summed E-state index contributed by atoms with van der Waals surface area (Å²) < 4.78 is 30.6. The Kier molecular flexibility index (Phi) is 6.62. The number of amides is 1. The van der Waals surface area contributed by atoms with Crippen molar-refractivity contribution in [2.45, 2.75) is 24.8 Å². The van der Waals surface area contributed by atoms with Crippen LogP contribution in [0, 0.1) is 5.92 Å². The van der Waals surface area contributed by atoms with Gasteiger partial charge in [-0.3, -0.25) is 4.79 Å². The number of ether oxygens (including phenoxy) is 1. The summed E-state index contributed by atoms with van der Waals surface area (Å²) in [6, 6.07) is 13.3. The number of nitrogens with zero attached hydrogens (tertiary/aromatic N) is 1. The predicted octanol–water partition coefficient (Wildman–Crippen LogP) is 3.07. The summed E-state index contributed by atoms with van der Waals surface area (Å²) in [6.07, 6.45) is 0. The third kappa shape index (κ3) is 4.87. The zero-order valence-corrected chi connectivity index (χ0v) is 17.1. The lowest BCUT2D eigenvalue weighted by molar-refractivity contribution is 0.0925. The van der Waals surface area contributed by atoms with Crippen molar-refractivity contribution in [2.24, 2.45) is 5.92 Å². The highest BCUT2D eigenvalue weighted by atomic mass is 32.2. The van der Waals surface area contributed by atoms with Gasteiger partial charge in [-0.05, 0) is 47.9 Å². The smallest absolute Gasteiger partial charge is 0.251 e. The highest BCUT2D eigenvalue weighted by Crippen LogP contribution is 2.24. The SMILES string of the molecule is COc1ccc([C@@H](NC(=O)c2ccc(S(=O)(=O)N(C)C)cc2)C(C)C)cc1. The maximum atomic E-state index is 12.7. The number of carbonyl (C=O) groups is 1. The summed E-state index contributed by atoms with van der Waals surface area (Å²) in [6.45, 7) is 4.06. The quantitative estimate of drug-likeness (QED) is 0.788.